The zero-order valence-corrected chi connectivity index (χ0v) is 34.9. The lowest BCUT2D eigenvalue weighted by molar-refractivity contribution is -0.195. The average molecular weight is 829 g/mol. The normalized spacial score (nSPS) is 23.1. The first-order valence-electron chi connectivity index (χ1n) is 19.7. The molecule has 0 aromatic carbocycles. The van der Waals surface area contributed by atoms with E-state index in [0.717, 1.165) is 55.8 Å². The van der Waals surface area contributed by atoms with Crippen molar-refractivity contribution in [3.05, 3.63) is 11.6 Å². The van der Waals surface area contributed by atoms with Crippen LogP contribution in [0.2, 0.25) is 5.28 Å². The molecule has 1 aliphatic heterocycles. The Labute approximate surface area is 328 Å². The third-order valence-electron chi connectivity index (χ3n) is 9.70. The van der Waals surface area contributed by atoms with Crippen molar-refractivity contribution in [2.24, 2.45) is 0 Å². The second-order valence-electron chi connectivity index (χ2n) is 14.1. The van der Waals surface area contributed by atoms with Crippen molar-refractivity contribution in [1.82, 2.24) is 19.5 Å². The molecule has 2 aromatic heterocycles. The number of aliphatic hydroxyl groups is 2. The highest BCUT2D eigenvalue weighted by molar-refractivity contribution is 7.92. The van der Waals surface area contributed by atoms with Gasteiger partial charge < -0.3 is 33.9 Å². The maximum atomic E-state index is 15.4. The first kappa shape index (κ1) is 47.2. The molecule has 0 bridgehead atoms. The number of nitrogens with zero attached hydrogens (tertiary/aromatic N) is 4. The minimum Gasteiger partial charge on any atom is -0.616 e. The molecule has 4 unspecified atom stereocenters. The van der Waals surface area contributed by atoms with Gasteiger partial charge in [0.1, 0.15) is 29.3 Å². The van der Waals surface area contributed by atoms with Crippen molar-refractivity contribution in [2.75, 3.05) is 32.7 Å². The summed E-state index contributed by atoms with van der Waals surface area (Å²) in [5.41, 5.74) is 0.0469. The molecule has 312 valence electrons. The summed E-state index contributed by atoms with van der Waals surface area (Å²) in [7, 11) is -3.35. The summed E-state index contributed by atoms with van der Waals surface area (Å²) in [6.45, 7) is 5.57. The second kappa shape index (κ2) is 24.6. The van der Waals surface area contributed by atoms with Crippen LogP contribution in [-0.4, -0.2) is 101 Å². The van der Waals surface area contributed by atoms with Crippen molar-refractivity contribution in [3.8, 4) is 5.88 Å². The number of ether oxygens (including phenoxy) is 3. The van der Waals surface area contributed by atoms with Gasteiger partial charge in [0.05, 0.1) is 26.7 Å². The van der Waals surface area contributed by atoms with E-state index in [1.165, 1.54) is 64.9 Å². The molecule has 0 saturated carbocycles. The number of alkyl halides is 1. The van der Waals surface area contributed by atoms with Gasteiger partial charge in [-0.25, -0.2) is 13.9 Å². The molecule has 3 N–H and O–H groups in total. The molecule has 0 radical (unpaired) electrons. The van der Waals surface area contributed by atoms with Crippen LogP contribution in [0.25, 0.3) is 11.2 Å². The molecule has 0 amide bonds. The van der Waals surface area contributed by atoms with Gasteiger partial charge in [-0.05, 0) is 61.8 Å². The van der Waals surface area contributed by atoms with Gasteiger partial charge in [-0.1, -0.05) is 90.9 Å². The Kier molecular flexibility index (Phi) is 21.5. The number of unbranched alkanes of at least 4 members (excludes halogenated alkanes) is 13. The number of hydrogen-bond donors (Lipinski definition) is 3. The van der Waals surface area contributed by atoms with Gasteiger partial charge in [0.2, 0.25) is 11.2 Å². The van der Waals surface area contributed by atoms with Crippen LogP contribution in [0, 0.1) is 0 Å². The molecule has 1 aliphatic rings. The van der Waals surface area contributed by atoms with Gasteiger partial charge in [-0.3, -0.25) is 13.6 Å². The van der Waals surface area contributed by atoms with E-state index in [1.54, 1.807) is 0 Å². The molecule has 0 aliphatic carbocycles. The van der Waals surface area contributed by atoms with Gasteiger partial charge in [-0.2, -0.15) is 9.97 Å². The number of fused-ring (bicyclic) bond motifs is 1. The summed E-state index contributed by atoms with van der Waals surface area (Å²) < 4.78 is 69.2. The first-order chi connectivity index (χ1) is 25.9. The number of aliphatic hydroxyl groups excluding tert-OH is 1. The maximum absolute atomic E-state index is 15.4. The number of halogens is 2. The van der Waals surface area contributed by atoms with Crippen molar-refractivity contribution in [2.45, 2.75) is 166 Å². The van der Waals surface area contributed by atoms with Crippen molar-refractivity contribution in [3.63, 3.8) is 0 Å². The van der Waals surface area contributed by atoms with Crippen LogP contribution in [0.4, 0.5) is 4.39 Å². The van der Waals surface area contributed by atoms with E-state index in [1.807, 2.05) is 6.92 Å². The number of hydrogen-bond acceptors (Lipinski definition) is 12. The molecule has 1 saturated heterocycles. The summed E-state index contributed by atoms with van der Waals surface area (Å²) in [4.78, 5) is 22.2. The van der Waals surface area contributed by atoms with Gasteiger partial charge >= 0.3 is 7.82 Å². The van der Waals surface area contributed by atoms with Gasteiger partial charge in [0.25, 0.3) is 5.85 Å². The Balaban J connectivity index is 1.42. The van der Waals surface area contributed by atoms with Crippen LogP contribution in [0.1, 0.15) is 136 Å². The standard InChI is InChI=1S/C36H63ClFN4O10PS/c1-5-7-9-11-12-13-14-15-17-19-24-54(47)29(21-18-16-10-8-6-2)27(3)49-22-20-23-50-53(45,46)51-25-28-31(43)36(38,44)34(52-28)42-26-39-30-32(42)40-35(37)41-33(30)48-4/h26-29,31,34,43-44H,5-25H2,1-4H3,(H,45,46)/t27?,28-,29?,31-,34-,36+,54?/m1/s1. The Morgan fingerprint density at radius 2 is 1.61 bits per heavy atom. The van der Waals surface area contributed by atoms with Crippen LogP contribution >= 0.6 is 19.4 Å². The molecular formula is C36H63ClFN4O10PS. The molecular weight excluding hydrogens is 766 g/mol. The van der Waals surface area contributed by atoms with E-state index in [9.17, 15) is 24.2 Å². The fourth-order valence-electron chi connectivity index (χ4n) is 6.54. The lowest BCUT2D eigenvalue weighted by Gasteiger charge is -2.27. The van der Waals surface area contributed by atoms with E-state index in [0.29, 0.717) is 5.75 Å². The van der Waals surface area contributed by atoms with Gasteiger partial charge in [0.15, 0.2) is 17.4 Å². The van der Waals surface area contributed by atoms with E-state index in [2.05, 4.69) is 28.8 Å². The SMILES string of the molecule is CCCCCCCCCCCC[S+]([O-])C(CCCCCCC)C(C)OCCCOP(=O)(O)OC[C@H]1O[C@@H](n2cnc3c(OC)nc(Cl)nc32)[C@](O)(F)[C@@H]1O. The fraction of sp³-hybridized carbons (Fsp3) is 0.861. The topological polar surface area (TPSA) is 191 Å². The summed E-state index contributed by atoms with van der Waals surface area (Å²) in [5.74, 6) is -2.71. The van der Waals surface area contributed by atoms with Crippen LogP contribution < -0.4 is 4.74 Å². The van der Waals surface area contributed by atoms with Crippen molar-refractivity contribution in [1.29, 1.82) is 0 Å². The number of aromatic nitrogens is 4. The van der Waals surface area contributed by atoms with Crippen molar-refractivity contribution < 1.29 is 51.9 Å². The molecule has 2 aromatic rings. The minimum atomic E-state index is -4.68. The highest BCUT2D eigenvalue weighted by Crippen LogP contribution is 2.46. The van der Waals surface area contributed by atoms with E-state index >= 15 is 4.39 Å². The summed E-state index contributed by atoms with van der Waals surface area (Å²) >= 11 is 4.92. The molecule has 1 fully saturated rings. The van der Waals surface area contributed by atoms with Crippen LogP contribution in [0.3, 0.4) is 0 Å². The third kappa shape index (κ3) is 15.0. The lowest BCUT2D eigenvalue weighted by Crippen LogP contribution is -2.43. The largest absolute Gasteiger partial charge is 0.616 e. The summed E-state index contributed by atoms with van der Waals surface area (Å²) in [6, 6.07) is 0. The molecule has 3 heterocycles. The van der Waals surface area contributed by atoms with Crippen LogP contribution in [0.5, 0.6) is 5.88 Å². The Morgan fingerprint density at radius 1 is 1.00 bits per heavy atom. The number of rotatable bonds is 30. The predicted molar refractivity (Wildman–Crippen MR) is 207 cm³/mol. The Bertz CT molecular complexity index is 1400. The molecule has 3 rings (SSSR count). The zero-order chi connectivity index (χ0) is 39.6. The molecule has 14 nitrogen and oxygen atoms in total. The van der Waals surface area contributed by atoms with Gasteiger partial charge in [0, 0.05) is 6.61 Å². The first-order valence-corrected chi connectivity index (χ1v) is 22.9. The molecule has 18 heteroatoms. The molecule has 54 heavy (non-hydrogen) atoms. The predicted octanol–water partition coefficient (Wildman–Crippen LogP) is 7.73. The number of phosphoric acid groups is 1. The molecule has 0 spiro atoms. The van der Waals surface area contributed by atoms with E-state index < -0.39 is 49.9 Å². The maximum Gasteiger partial charge on any atom is 0.472 e. The van der Waals surface area contributed by atoms with Gasteiger partial charge in [-0.15, -0.1) is 0 Å². The van der Waals surface area contributed by atoms with Crippen LogP contribution in [-0.2, 0) is 34.3 Å². The summed E-state index contributed by atoms with van der Waals surface area (Å²) in [5, 5.41) is 20.7. The van der Waals surface area contributed by atoms with Crippen molar-refractivity contribution >= 4 is 41.8 Å². The number of imidazole rings is 1. The highest BCUT2D eigenvalue weighted by atomic mass is 35.5. The quantitative estimate of drug-likeness (QED) is 0.0300. The number of phosphoric ester groups is 1. The molecule has 8 atom stereocenters. The number of methoxy groups -OCH3 is 1. The average Bonchev–Trinajstić information content (AvgIpc) is 3.65. The summed E-state index contributed by atoms with van der Waals surface area (Å²) in [6.07, 6.45) is 14.1. The smallest absolute Gasteiger partial charge is 0.472 e. The minimum absolute atomic E-state index is 0.00465. The lowest BCUT2D eigenvalue weighted by atomic mass is 10.1. The Morgan fingerprint density at radius 3 is 2.24 bits per heavy atom. The van der Waals surface area contributed by atoms with E-state index in [-0.39, 0.29) is 53.3 Å². The van der Waals surface area contributed by atoms with Crippen LogP contribution in [0.15, 0.2) is 6.33 Å². The second-order valence-corrected chi connectivity index (χ2v) is 17.6. The highest BCUT2D eigenvalue weighted by Gasteiger charge is 2.58. The fourth-order valence-corrected chi connectivity index (χ4v) is 9.20. The zero-order valence-electron chi connectivity index (χ0n) is 32.4. The Hall–Kier alpha value is -1.17. The third-order valence-corrected chi connectivity index (χ3v) is 12.8. The van der Waals surface area contributed by atoms with E-state index in [4.69, 9.17) is 34.9 Å². The monoisotopic (exact) mass is 828 g/mol.